The summed E-state index contributed by atoms with van der Waals surface area (Å²) in [5, 5.41) is 0. The van der Waals surface area contributed by atoms with Crippen molar-refractivity contribution in [3.05, 3.63) is 34.8 Å². The molecule has 0 rings (SSSR count). The Balaban J connectivity index is 4.39. The Morgan fingerprint density at radius 2 is 2.15 bits per heavy atom. The summed E-state index contributed by atoms with van der Waals surface area (Å²) in [5.41, 5.74) is 0.915. The maximum atomic E-state index is 9.96. The van der Waals surface area contributed by atoms with Crippen molar-refractivity contribution in [1.82, 2.24) is 0 Å². The first-order valence-corrected chi connectivity index (χ1v) is 4.43. The Morgan fingerprint density at radius 3 is 2.62 bits per heavy atom. The van der Waals surface area contributed by atoms with Crippen LogP contribution in [0.25, 0.3) is 0 Å². The van der Waals surface area contributed by atoms with E-state index in [1.807, 2.05) is 38.2 Å². The van der Waals surface area contributed by atoms with E-state index >= 15 is 0 Å². The van der Waals surface area contributed by atoms with Crippen molar-refractivity contribution in [2.24, 2.45) is 0 Å². The van der Waals surface area contributed by atoms with E-state index in [2.05, 4.69) is 17.4 Å². The van der Waals surface area contributed by atoms with Crippen LogP contribution in [0.1, 0.15) is 13.8 Å². The molecule has 0 aromatic heterocycles. The van der Waals surface area contributed by atoms with Gasteiger partial charge < -0.3 is 4.74 Å². The molecule has 0 amide bonds. The Kier molecular flexibility index (Phi) is 7.11. The van der Waals surface area contributed by atoms with E-state index in [9.17, 15) is 4.79 Å². The highest BCUT2D eigenvalue weighted by atomic mass is 32.1. The normalized spacial score (nSPS) is 13.5. The molecule has 0 saturated heterocycles. The summed E-state index contributed by atoms with van der Waals surface area (Å²) < 4.78 is 4.63. The minimum absolute atomic E-state index is 0.283. The molecule has 0 heterocycles. The minimum Gasteiger partial charge on any atom is -0.463 e. The molecule has 0 atom stereocenters. The molecule has 0 aliphatic carbocycles. The Morgan fingerprint density at radius 1 is 1.46 bits per heavy atom. The summed E-state index contributed by atoms with van der Waals surface area (Å²) >= 11 is 4.19. The third kappa shape index (κ3) is 6.22. The monoisotopic (exact) mass is 198 g/mol. The molecule has 0 radical (unpaired) electrons. The van der Waals surface area contributed by atoms with Gasteiger partial charge in [0.05, 0.1) is 0 Å². The molecule has 0 fully saturated rings. The van der Waals surface area contributed by atoms with Crippen molar-refractivity contribution in [3.63, 3.8) is 0 Å². The number of rotatable bonds is 5. The standard InChI is InChI=1S/C10H14O2S/c1-3-5-9(7-12-8-11)6-10(13)4-2/h3-6,8,13H,7H2,1-2H3/b5-3-,9-6-,10-4+. The maximum absolute atomic E-state index is 9.96. The summed E-state index contributed by atoms with van der Waals surface area (Å²) in [6, 6.07) is 0. The van der Waals surface area contributed by atoms with Gasteiger partial charge in [-0.1, -0.05) is 18.2 Å². The zero-order valence-electron chi connectivity index (χ0n) is 7.86. The molecule has 0 saturated carbocycles. The number of carbonyl (C=O) groups excluding carboxylic acids is 1. The number of thiol groups is 1. The molecule has 0 aliphatic rings. The van der Waals surface area contributed by atoms with Gasteiger partial charge in [-0.3, -0.25) is 4.79 Å². The van der Waals surface area contributed by atoms with E-state index in [1.165, 1.54) is 0 Å². The van der Waals surface area contributed by atoms with Gasteiger partial charge in [0, 0.05) is 4.91 Å². The minimum atomic E-state index is 0.283. The average molecular weight is 198 g/mol. The maximum Gasteiger partial charge on any atom is 0.293 e. The zero-order valence-corrected chi connectivity index (χ0v) is 8.75. The second-order valence-electron chi connectivity index (χ2n) is 2.34. The fourth-order valence-electron chi connectivity index (χ4n) is 0.755. The molecule has 0 unspecified atom stereocenters. The summed E-state index contributed by atoms with van der Waals surface area (Å²) in [7, 11) is 0. The van der Waals surface area contributed by atoms with Crippen molar-refractivity contribution < 1.29 is 9.53 Å². The smallest absolute Gasteiger partial charge is 0.293 e. The number of ether oxygens (including phenoxy) is 1. The number of hydrogen-bond acceptors (Lipinski definition) is 3. The van der Waals surface area contributed by atoms with Gasteiger partial charge in [0.1, 0.15) is 6.61 Å². The summed E-state index contributed by atoms with van der Waals surface area (Å²) in [6.07, 6.45) is 7.49. The molecule has 0 N–H and O–H groups in total. The predicted molar refractivity (Wildman–Crippen MR) is 57.7 cm³/mol. The van der Waals surface area contributed by atoms with Crippen LogP contribution in [0.5, 0.6) is 0 Å². The van der Waals surface area contributed by atoms with Crippen LogP contribution in [-0.4, -0.2) is 13.1 Å². The van der Waals surface area contributed by atoms with Gasteiger partial charge in [-0.2, -0.15) is 0 Å². The molecule has 0 aliphatic heterocycles. The van der Waals surface area contributed by atoms with E-state index in [0.717, 1.165) is 10.5 Å². The topological polar surface area (TPSA) is 26.3 Å². The number of carbonyl (C=O) groups is 1. The summed E-state index contributed by atoms with van der Waals surface area (Å²) in [4.78, 5) is 10.8. The molecule has 0 aromatic carbocycles. The van der Waals surface area contributed by atoms with Crippen molar-refractivity contribution in [2.45, 2.75) is 13.8 Å². The lowest BCUT2D eigenvalue weighted by Gasteiger charge is -1.99. The molecular weight excluding hydrogens is 184 g/mol. The first-order chi connectivity index (χ1) is 6.24. The van der Waals surface area contributed by atoms with Crippen LogP contribution in [0.2, 0.25) is 0 Å². The van der Waals surface area contributed by atoms with Gasteiger partial charge in [-0.25, -0.2) is 0 Å². The molecular formula is C10H14O2S. The van der Waals surface area contributed by atoms with Gasteiger partial charge in [0.15, 0.2) is 0 Å². The lowest BCUT2D eigenvalue weighted by molar-refractivity contribution is -0.127. The highest BCUT2D eigenvalue weighted by Gasteiger charge is 1.92. The zero-order chi connectivity index (χ0) is 10.1. The predicted octanol–water partition coefficient (Wildman–Crippen LogP) is 2.50. The third-order valence-corrected chi connectivity index (χ3v) is 1.72. The fraction of sp³-hybridized carbons (Fsp3) is 0.300. The molecule has 0 bridgehead atoms. The highest BCUT2D eigenvalue weighted by molar-refractivity contribution is 7.84. The Bertz CT molecular complexity index is 239. The van der Waals surface area contributed by atoms with Gasteiger partial charge in [0.2, 0.25) is 0 Å². The SMILES string of the molecule is C\C=C/C(=C/C(S)=C\C)COC=O. The van der Waals surface area contributed by atoms with E-state index < -0.39 is 0 Å². The third-order valence-electron chi connectivity index (χ3n) is 1.33. The van der Waals surface area contributed by atoms with Crippen LogP contribution in [0.4, 0.5) is 0 Å². The molecule has 0 spiro atoms. The Hall–Kier alpha value is -0.960. The van der Waals surface area contributed by atoms with Crippen molar-refractivity contribution >= 4 is 19.1 Å². The van der Waals surface area contributed by atoms with Crippen LogP contribution in [0, 0.1) is 0 Å². The second-order valence-corrected chi connectivity index (χ2v) is 2.86. The van der Waals surface area contributed by atoms with Crippen LogP contribution in [0.15, 0.2) is 34.8 Å². The first kappa shape index (κ1) is 12.0. The molecule has 0 aromatic rings. The summed E-state index contributed by atoms with van der Waals surface area (Å²) in [6.45, 7) is 4.52. The fourth-order valence-corrected chi connectivity index (χ4v) is 0.921. The lowest BCUT2D eigenvalue weighted by atomic mass is 10.2. The van der Waals surface area contributed by atoms with Crippen LogP contribution >= 0.6 is 12.6 Å². The van der Waals surface area contributed by atoms with E-state index in [4.69, 9.17) is 0 Å². The molecule has 13 heavy (non-hydrogen) atoms. The van der Waals surface area contributed by atoms with E-state index in [0.29, 0.717) is 6.47 Å². The van der Waals surface area contributed by atoms with Crippen molar-refractivity contribution in [3.8, 4) is 0 Å². The van der Waals surface area contributed by atoms with E-state index in [1.54, 1.807) is 0 Å². The number of hydrogen-bond donors (Lipinski definition) is 1. The van der Waals surface area contributed by atoms with Crippen LogP contribution in [-0.2, 0) is 9.53 Å². The lowest BCUT2D eigenvalue weighted by Crippen LogP contribution is -1.94. The average Bonchev–Trinajstić information content (AvgIpc) is 2.14. The van der Waals surface area contributed by atoms with Crippen LogP contribution in [0.3, 0.4) is 0 Å². The van der Waals surface area contributed by atoms with Crippen LogP contribution < -0.4 is 0 Å². The second kappa shape index (κ2) is 7.68. The number of allylic oxidation sites excluding steroid dienone is 3. The van der Waals surface area contributed by atoms with Crippen molar-refractivity contribution in [1.29, 1.82) is 0 Å². The molecule has 72 valence electrons. The quantitative estimate of drug-likeness (QED) is 0.417. The van der Waals surface area contributed by atoms with Crippen molar-refractivity contribution in [2.75, 3.05) is 6.61 Å². The largest absolute Gasteiger partial charge is 0.463 e. The van der Waals surface area contributed by atoms with E-state index in [-0.39, 0.29) is 6.61 Å². The van der Waals surface area contributed by atoms with Gasteiger partial charge in [0.25, 0.3) is 6.47 Å². The van der Waals surface area contributed by atoms with Gasteiger partial charge in [-0.15, -0.1) is 12.6 Å². The molecule has 2 nitrogen and oxygen atoms in total. The first-order valence-electron chi connectivity index (χ1n) is 3.98. The highest BCUT2D eigenvalue weighted by Crippen LogP contribution is 2.08. The van der Waals surface area contributed by atoms with Gasteiger partial charge in [-0.05, 0) is 25.5 Å². The summed E-state index contributed by atoms with van der Waals surface area (Å²) in [5.74, 6) is 0. The Labute approximate surface area is 84.4 Å². The molecule has 3 heteroatoms. The van der Waals surface area contributed by atoms with Gasteiger partial charge >= 0.3 is 0 Å².